The summed E-state index contributed by atoms with van der Waals surface area (Å²) in [6.07, 6.45) is 1.07. The van der Waals surface area contributed by atoms with Gasteiger partial charge in [0.15, 0.2) is 6.10 Å². The van der Waals surface area contributed by atoms with Gasteiger partial charge in [-0.25, -0.2) is 4.79 Å². The third-order valence-electron chi connectivity index (χ3n) is 4.74. The topological polar surface area (TPSA) is 64.6 Å². The molecule has 0 bridgehead atoms. The lowest BCUT2D eigenvalue weighted by atomic mass is 10.1. The Balaban J connectivity index is 1.57. The van der Waals surface area contributed by atoms with Gasteiger partial charge in [-0.05, 0) is 54.8 Å². The smallest absolute Gasteiger partial charge is 0.338 e. The zero-order chi connectivity index (χ0) is 22.1. The molecule has 0 heterocycles. The van der Waals surface area contributed by atoms with Crippen molar-refractivity contribution < 1.29 is 19.1 Å². The summed E-state index contributed by atoms with van der Waals surface area (Å²) < 4.78 is 11.0. The number of unbranched alkanes of at least 4 members (excludes halogenated alkanes) is 1. The van der Waals surface area contributed by atoms with E-state index in [0.29, 0.717) is 23.6 Å². The van der Waals surface area contributed by atoms with Gasteiger partial charge in [-0.3, -0.25) is 4.79 Å². The number of ether oxygens (including phenoxy) is 2. The molecule has 31 heavy (non-hydrogen) atoms. The highest BCUT2D eigenvalue weighted by Crippen LogP contribution is 2.23. The third-order valence-corrected chi connectivity index (χ3v) is 4.74. The summed E-state index contributed by atoms with van der Waals surface area (Å²) in [6.45, 7) is 4.11. The molecule has 0 aliphatic rings. The van der Waals surface area contributed by atoms with Crippen LogP contribution in [0.3, 0.4) is 0 Å². The van der Waals surface area contributed by atoms with Crippen molar-refractivity contribution in [1.82, 2.24) is 0 Å². The largest absolute Gasteiger partial charge is 0.481 e. The van der Waals surface area contributed by atoms with Crippen LogP contribution in [-0.2, 0) is 9.53 Å². The number of nitrogens with one attached hydrogen (secondary N) is 1. The minimum absolute atomic E-state index is 0.302. The van der Waals surface area contributed by atoms with E-state index in [1.807, 2.05) is 61.5 Å². The quantitative estimate of drug-likeness (QED) is 0.357. The number of carbonyl (C=O) groups is 2. The molecule has 160 valence electrons. The molecular weight excluding hydrogens is 390 g/mol. The van der Waals surface area contributed by atoms with Gasteiger partial charge in [-0.2, -0.15) is 0 Å². The van der Waals surface area contributed by atoms with E-state index in [2.05, 4.69) is 5.32 Å². The Labute approximate surface area is 183 Å². The second kappa shape index (κ2) is 11.0. The van der Waals surface area contributed by atoms with Crippen molar-refractivity contribution in [3.8, 4) is 16.9 Å². The highest BCUT2D eigenvalue weighted by Gasteiger charge is 2.16. The van der Waals surface area contributed by atoms with E-state index in [0.717, 1.165) is 24.0 Å². The van der Waals surface area contributed by atoms with Gasteiger partial charge in [-0.15, -0.1) is 0 Å². The second-order valence-electron chi connectivity index (χ2n) is 7.21. The summed E-state index contributed by atoms with van der Waals surface area (Å²) in [7, 11) is 0. The first kappa shape index (κ1) is 22.1. The second-order valence-corrected chi connectivity index (χ2v) is 7.21. The third kappa shape index (κ3) is 6.44. The minimum Gasteiger partial charge on any atom is -0.481 e. The van der Waals surface area contributed by atoms with E-state index in [1.165, 1.54) is 0 Å². The number of carbonyl (C=O) groups excluding carboxylic acids is 2. The molecule has 0 aliphatic carbocycles. The van der Waals surface area contributed by atoms with E-state index in [1.54, 1.807) is 31.2 Å². The Morgan fingerprint density at radius 3 is 2.32 bits per heavy atom. The van der Waals surface area contributed by atoms with E-state index in [9.17, 15) is 9.59 Å². The van der Waals surface area contributed by atoms with E-state index in [4.69, 9.17) is 9.47 Å². The van der Waals surface area contributed by atoms with Gasteiger partial charge in [0.05, 0.1) is 12.2 Å². The Kier molecular flexibility index (Phi) is 7.82. The van der Waals surface area contributed by atoms with Crippen LogP contribution >= 0.6 is 0 Å². The van der Waals surface area contributed by atoms with Crippen molar-refractivity contribution in [3.05, 3.63) is 84.4 Å². The van der Waals surface area contributed by atoms with Crippen LogP contribution in [0.15, 0.2) is 78.9 Å². The van der Waals surface area contributed by atoms with E-state index < -0.39 is 12.1 Å². The van der Waals surface area contributed by atoms with Crippen LogP contribution in [0.2, 0.25) is 0 Å². The molecule has 0 aliphatic heterocycles. The molecule has 0 fully saturated rings. The maximum atomic E-state index is 12.5. The van der Waals surface area contributed by atoms with Crippen LogP contribution in [0, 0.1) is 0 Å². The van der Waals surface area contributed by atoms with Crippen LogP contribution in [0.4, 0.5) is 5.69 Å². The van der Waals surface area contributed by atoms with Crippen LogP contribution < -0.4 is 10.1 Å². The lowest BCUT2D eigenvalue weighted by Crippen LogP contribution is -2.30. The van der Waals surface area contributed by atoms with Crippen molar-refractivity contribution in [2.24, 2.45) is 0 Å². The molecule has 0 aromatic heterocycles. The predicted molar refractivity (Wildman–Crippen MR) is 122 cm³/mol. The van der Waals surface area contributed by atoms with Crippen molar-refractivity contribution in [1.29, 1.82) is 0 Å². The van der Waals surface area contributed by atoms with Crippen molar-refractivity contribution in [2.45, 2.75) is 32.8 Å². The molecule has 5 nitrogen and oxygen atoms in total. The fourth-order valence-corrected chi connectivity index (χ4v) is 2.97. The van der Waals surface area contributed by atoms with Crippen LogP contribution in [0.5, 0.6) is 5.75 Å². The Bertz CT molecular complexity index is 999. The number of anilines is 1. The number of benzene rings is 3. The Hall–Kier alpha value is -3.60. The first-order valence-electron chi connectivity index (χ1n) is 10.5. The molecule has 3 aromatic carbocycles. The Morgan fingerprint density at radius 2 is 1.61 bits per heavy atom. The molecule has 1 unspecified atom stereocenters. The first-order valence-corrected chi connectivity index (χ1v) is 10.5. The molecule has 0 saturated carbocycles. The maximum absolute atomic E-state index is 12.5. The summed E-state index contributed by atoms with van der Waals surface area (Å²) in [4.78, 5) is 24.6. The highest BCUT2D eigenvalue weighted by atomic mass is 16.5. The predicted octanol–water partition coefficient (Wildman–Crippen LogP) is 5.72. The van der Waals surface area contributed by atoms with Crippen molar-refractivity contribution in [2.75, 3.05) is 11.9 Å². The van der Waals surface area contributed by atoms with Gasteiger partial charge in [0, 0.05) is 5.69 Å². The highest BCUT2D eigenvalue weighted by molar-refractivity contribution is 5.96. The molecule has 5 heteroatoms. The summed E-state index contributed by atoms with van der Waals surface area (Å²) in [5, 5.41) is 2.79. The fourth-order valence-electron chi connectivity index (χ4n) is 2.97. The molecule has 1 N–H and O–H groups in total. The van der Waals surface area contributed by atoms with Crippen LogP contribution in [-0.4, -0.2) is 24.6 Å². The van der Waals surface area contributed by atoms with Gasteiger partial charge >= 0.3 is 5.97 Å². The molecule has 3 rings (SSSR count). The summed E-state index contributed by atoms with van der Waals surface area (Å²) in [5.41, 5.74) is 3.12. The molecule has 0 spiro atoms. The first-order chi connectivity index (χ1) is 15.1. The molecule has 1 atom stereocenters. The molecule has 0 saturated heterocycles. The average molecular weight is 418 g/mol. The number of hydrogen-bond donors (Lipinski definition) is 1. The summed E-state index contributed by atoms with van der Waals surface area (Å²) >= 11 is 0. The number of hydrogen-bond acceptors (Lipinski definition) is 4. The molecule has 1 amide bonds. The molecular formula is C26H27NO4. The van der Waals surface area contributed by atoms with Gasteiger partial charge in [0.25, 0.3) is 5.91 Å². The fraction of sp³-hybridized carbons (Fsp3) is 0.231. The standard InChI is InChI=1S/C26H27NO4/c1-3-4-17-30-26(29)22-11-8-12-23(18-22)27-25(28)19(2)31-24-15-13-21(14-16-24)20-9-6-5-7-10-20/h5-16,18-19H,3-4,17H2,1-2H3,(H,27,28). The van der Waals surface area contributed by atoms with Gasteiger partial charge < -0.3 is 14.8 Å². The maximum Gasteiger partial charge on any atom is 0.338 e. The SMILES string of the molecule is CCCCOC(=O)c1cccc(NC(=O)C(C)Oc2ccc(-c3ccccc3)cc2)c1. The van der Waals surface area contributed by atoms with Gasteiger partial charge in [0.2, 0.25) is 0 Å². The summed E-state index contributed by atoms with van der Waals surface area (Å²) in [6, 6.07) is 24.4. The van der Waals surface area contributed by atoms with E-state index >= 15 is 0 Å². The normalized spacial score (nSPS) is 11.4. The lowest BCUT2D eigenvalue weighted by Gasteiger charge is -2.15. The zero-order valence-corrected chi connectivity index (χ0v) is 17.8. The molecule has 0 radical (unpaired) electrons. The van der Waals surface area contributed by atoms with Gasteiger partial charge in [-0.1, -0.05) is 61.9 Å². The van der Waals surface area contributed by atoms with Gasteiger partial charge in [0.1, 0.15) is 5.75 Å². The molecule has 3 aromatic rings. The van der Waals surface area contributed by atoms with Crippen molar-refractivity contribution in [3.63, 3.8) is 0 Å². The summed E-state index contributed by atoms with van der Waals surface area (Å²) in [5.74, 6) is -0.0911. The lowest BCUT2D eigenvalue weighted by molar-refractivity contribution is -0.122. The monoisotopic (exact) mass is 417 g/mol. The van der Waals surface area contributed by atoms with Crippen LogP contribution in [0.25, 0.3) is 11.1 Å². The Morgan fingerprint density at radius 1 is 0.903 bits per heavy atom. The number of amides is 1. The number of rotatable bonds is 9. The average Bonchev–Trinajstić information content (AvgIpc) is 2.80. The van der Waals surface area contributed by atoms with Crippen LogP contribution in [0.1, 0.15) is 37.0 Å². The number of esters is 1. The minimum atomic E-state index is -0.706. The van der Waals surface area contributed by atoms with E-state index in [-0.39, 0.29) is 5.91 Å². The van der Waals surface area contributed by atoms with Crippen molar-refractivity contribution >= 4 is 17.6 Å². The zero-order valence-electron chi connectivity index (χ0n) is 17.8.